The Hall–Kier alpha value is -3.36. The number of nitrogens with zero attached hydrogens (tertiary/aromatic N) is 1. The van der Waals surface area contributed by atoms with Gasteiger partial charge in [0.2, 0.25) is 0 Å². The van der Waals surface area contributed by atoms with Crippen molar-refractivity contribution in [3.05, 3.63) is 65.5 Å². The zero-order valence-electron chi connectivity index (χ0n) is 14.6. The van der Waals surface area contributed by atoms with E-state index in [1.54, 1.807) is 0 Å². The molecule has 9 heteroatoms. The van der Waals surface area contributed by atoms with E-state index in [2.05, 4.69) is 10.1 Å². The van der Waals surface area contributed by atoms with Crippen molar-refractivity contribution in [2.24, 2.45) is 0 Å². The van der Waals surface area contributed by atoms with Crippen LogP contribution in [0, 0.1) is 5.82 Å². The number of ether oxygens (including phenoxy) is 1. The third kappa shape index (κ3) is 3.68. The van der Waals surface area contributed by atoms with E-state index in [9.17, 15) is 27.6 Å². The highest BCUT2D eigenvalue weighted by Crippen LogP contribution is 2.30. The molecule has 0 aromatic heterocycles. The maximum atomic E-state index is 13.0. The van der Waals surface area contributed by atoms with Gasteiger partial charge in [0.25, 0.3) is 5.91 Å². The van der Waals surface area contributed by atoms with Gasteiger partial charge in [0.1, 0.15) is 17.1 Å². The molecule has 28 heavy (non-hydrogen) atoms. The van der Waals surface area contributed by atoms with Gasteiger partial charge >= 0.3 is 12.6 Å². The molecular formula is C19H15F3N2O4. The fraction of sp³-hybridized carbons (Fsp3) is 0.211. The topological polar surface area (TPSA) is 75.7 Å². The quantitative estimate of drug-likeness (QED) is 0.606. The number of carbonyl (C=O) groups is 3. The largest absolute Gasteiger partial charge is 0.435 e. The van der Waals surface area contributed by atoms with Gasteiger partial charge in [-0.1, -0.05) is 12.1 Å². The summed E-state index contributed by atoms with van der Waals surface area (Å²) in [6, 6.07) is 9.21. The molecule has 2 aromatic carbocycles. The molecule has 1 atom stereocenters. The first-order valence-electron chi connectivity index (χ1n) is 8.19. The number of imide groups is 1. The minimum absolute atomic E-state index is 0.0949. The highest BCUT2D eigenvalue weighted by Gasteiger charge is 2.49. The van der Waals surface area contributed by atoms with E-state index in [0.29, 0.717) is 5.56 Å². The summed E-state index contributed by atoms with van der Waals surface area (Å²) in [6.07, 6.45) is 0. The molecule has 2 aromatic rings. The number of rotatable bonds is 6. The second-order valence-electron chi connectivity index (χ2n) is 6.28. The normalized spacial score (nSPS) is 19.1. The van der Waals surface area contributed by atoms with Crippen LogP contribution in [0.3, 0.4) is 0 Å². The number of halogens is 3. The molecule has 3 rings (SSSR count). The van der Waals surface area contributed by atoms with Gasteiger partial charge in [0.05, 0.1) is 6.54 Å². The minimum Gasteiger partial charge on any atom is -0.435 e. The lowest BCUT2D eigenvalue weighted by Gasteiger charge is -2.22. The molecular weight excluding hydrogens is 377 g/mol. The number of hydrogen-bond acceptors (Lipinski definition) is 4. The summed E-state index contributed by atoms with van der Waals surface area (Å²) in [6.45, 7) is -2.06. The molecule has 1 aliphatic heterocycles. The van der Waals surface area contributed by atoms with Crippen LogP contribution in [-0.4, -0.2) is 35.8 Å². The molecule has 146 valence electrons. The van der Waals surface area contributed by atoms with E-state index >= 15 is 0 Å². The minimum atomic E-state index is -2.98. The second-order valence-corrected chi connectivity index (χ2v) is 6.28. The molecule has 1 heterocycles. The highest BCUT2D eigenvalue weighted by atomic mass is 19.3. The second kappa shape index (κ2) is 7.34. The van der Waals surface area contributed by atoms with Crippen LogP contribution in [0.2, 0.25) is 0 Å². The number of nitrogens with one attached hydrogen (secondary N) is 1. The summed E-state index contributed by atoms with van der Waals surface area (Å²) >= 11 is 0. The fourth-order valence-electron chi connectivity index (χ4n) is 2.88. The average molecular weight is 392 g/mol. The average Bonchev–Trinajstić information content (AvgIpc) is 2.86. The summed E-state index contributed by atoms with van der Waals surface area (Å²) < 4.78 is 41.7. The Labute approximate surface area is 157 Å². The van der Waals surface area contributed by atoms with E-state index in [1.807, 2.05) is 0 Å². The first kappa shape index (κ1) is 19.4. The number of benzene rings is 2. The van der Waals surface area contributed by atoms with Crippen LogP contribution in [0.5, 0.6) is 5.75 Å². The summed E-state index contributed by atoms with van der Waals surface area (Å²) in [5.74, 6) is -1.82. The lowest BCUT2D eigenvalue weighted by Crippen LogP contribution is -2.41. The van der Waals surface area contributed by atoms with Gasteiger partial charge in [0, 0.05) is 5.56 Å². The van der Waals surface area contributed by atoms with Crippen molar-refractivity contribution in [1.29, 1.82) is 0 Å². The molecule has 0 saturated carbocycles. The van der Waals surface area contributed by atoms with Crippen molar-refractivity contribution < 1.29 is 32.3 Å². The van der Waals surface area contributed by atoms with Crippen molar-refractivity contribution in [3.8, 4) is 5.75 Å². The van der Waals surface area contributed by atoms with E-state index in [0.717, 1.165) is 17.0 Å². The van der Waals surface area contributed by atoms with Crippen LogP contribution >= 0.6 is 0 Å². The zero-order valence-corrected chi connectivity index (χ0v) is 14.6. The number of hydrogen-bond donors (Lipinski definition) is 1. The number of amides is 3. The van der Waals surface area contributed by atoms with Crippen LogP contribution in [0.15, 0.2) is 48.5 Å². The zero-order chi connectivity index (χ0) is 20.5. The van der Waals surface area contributed by atoms with Crippen molar-refractivity contribution in [2.75, 3.05) is 6.54 Å². The molecule has 0 spiro atoms. The van der Waals surface area contributed by atoms with Crippen LogP contribution in [-0.2, 0) is 10.3 Å². The number of Topliss-reactive ketones (excluding diaryl/α,β-unsaturated/α-hetero) is 1. The number of ketones is 1. The third-order valence-corrected chi connectivity index (χ3v) is 4.40. The summed E-state index contributed by atoms with van der Waals surface area (Å²) in [4.78, 5) is 38.1. The van der Waals surface area contributed by atoms with Crippen molar-refractivity contribution >= 4 is 17.7 Å². The maximum Gasteiger partial charge on any atom is 0.387 e. The van der Waals surface area contributed by atoms with E-state index in [1.165, 1.54) is 43.3 Å². The standard InChI is InChI=1S/C19H15F3N2O4/c1-19(12-4-8-14(9-5-12)28-17(21)22)16(26)24(18(27)23-19)10-15(25)11-2-6-13(20)7-3-11/h2-9,17H,10H2,1H3,(H,23,27)/t19-/m1/s1. The number of urea groups is 1. The highest BCUT2D eigenvalue weighted by molar-refractivity contribution is 6.11. The van der Waals surface area contributed by atoms with Gasteiger partial charge < -0.3 is 10.1 Å². The van der Waals surface area contributed by atoms with E-state index < -0.39 is 42.2 Å². The van der Waals surface area contributed by atoms with Crippen molar-refractivity contribution in [2.45, 2.75) is 19.1 Å². The van der Waals surface area contributed by atoms with Gasteiger partial charge in [-0.05, 0) is 48.9 Å². The predicted molar refractivity (Wildman–Crippen MR) is 91.4 cm³/mol. The summed E-state index contributed by atoms with van der Waals surface area (Å²) in [7, 11) is 0. The Morgan fingerprint density at radius 3 is 2.29 bits per heavy atom. The van der Waals surface area contributed by atoms with E-state index in [4.69, 9.17) is 0 Å². The number of alkyl halides is 2. The molecule has 0 aliphatic carbocycles. The van der Waals surface area contributed by atoms with Gasteiger partial charge in [-0.15, -0.1) is 0 Å². The maximum absolute atomic E-state index is 13.0. The van der Waals surface area contributed by atoms with Gasteiger partial charge in [0.15, 0.2) is 5.78 Å². The lowest BCUT2D eigenvalue weighted by atomic mass is 9.92. The molecule has 0 bridgehead atoms. The molecule has 3 amide bonds. The fourth-order valence-corrected chi connectivity index (χ4v) is 2.88. The lowest BCUT2D eigenvalue weighted by molar-refractivity contribution is -0.130. The van der Waals surface area contributed by atoms with Crippen molar-refractivity contribution in [1.82, 2.24) is 10.2 Å². The van der Waals surface area contributed by atoms with Crippen molar-refractivity contribution in [3.63, 3.8) is 0 Å². The molecule has 0 unspecified atom stereocenters. The Kier molecular flexibility index (Phi) is 5.08. The molecule has 1 N–H and O–H groups in total. The van der Waals surface area contributed by atoms with Crippen LogP contribution in [0.25, 0.3) is 0 Å². The van der Waals surface area contributed by atoms with Gasteiger partial charge in [-0.3, -0.25) is 14.5 Å². The van der Waals surface area contributed by atoms with Gasteiger partial charge in [-0.25, -0.2) is 9.18 Å². The SMILES string of the molecule is C[C@]1(c2ccc(OC(F)F)cc2)NC(=O)N(CC(=O)c2ccc(F)cc2)C1=O. The Bertz CT molecular complexity index is 916. The Balaban J connectivity index is 1.78. The smallest absolute Gasteiger partial charge is 0.387 e. The van der Waals surface area contributed by atoms with Crippen LogP contribution in [0.1, 0.15) is 22.8 Å². The monoisotopic (exact) mass is 392 g/mol. The third-order valence-electron chi connectivity index (χ3n) is 4.40. The molecule has 0 radical (unpaired) electrons. The molecule has 6 nitrogen and oxygen atoms in total. The van der Waals surface area contributed by atoms with Gasteiger partial charge in [-0.2, -0.15) is 8.78 Å². The molecule has 1 aliphatic rings. The number of carbonyl (C=O) groups excluding carboxylic acids is 3. The first-order valence-corrected chi connectivity index (χ1v) is 8.19. The predicted octanol–water partition coefficient (Wildman–Crippen LogP) is 3.08. The Morgan fingerprint density at radius 2 is 1.71 bits per heavy atom. The summed E-state index contributed by atoms with van der Waals surface area (Å²) in [5.41, 5.74) is -0.975. The van der Waals surface area contributed by atoms with Crippen LogP contribution in [0.4, 0.5) is 18.0 Å². The molecule has 1 fully saturated rings. The Morgan fingerprint density at radius 1 is 1.11 bits per heavy atom. The van der Waals surface area contributed by atoms with Crippen LogP contribution < -0.4 is 10.1 Å². The summed E-state index contributed by atoms with van der Waals surface area (Å²) in [5, 5.41) is 2.51. The van der Waals surface area contributed by atoms with E-state index in [-0.39, 0.29) is 11.3 Å². The first-order chi connectivity index (χ1) is 13.2. The molecule has 1 saturated heterocycles.